The molecule has 0 radical (unpaired) electrons. The summed E-state index contributed by atoms with van der Waals surface area (Å²) in [5.41, 5.74) is 0.820. The van der Waals surface area contributed by atoms with Gasteiger partial charge in [0.25, 0.3) is 11.8 Å². The Morgan fingerprint density at radius 3 is 2.53 bits per heavy atom. The van der Waals surface area contributed by atoms with Crippen molar-refractivity contribution in [2.75, 3.05) is 33.4 Å². The van der Waals surface area contributed by atoms with E-state index in [1.54, 1.807) is 30.2 Å². The number of thiocarbonyl (C=S) groups is 1. The van der Waals surface area contributed by atoms with Gasteiger partial charge in [-0.2, -0.15) is 0 Å². The quantitative estimate of drug-likeness (QED) is 0.376. The van der Waals surface area contributed by atoms with E-state index in [4.69, 9.17) is 21.7 Å². The summed E-state index contributed by atoms with van der Waals surface area (Å²) in [6.45, 7) is 2.90. The molecule has 0 bridgehead atoms. The molecule has 0 atom stereocenters. The molecule has 0 saturated carbocycles. The Balaban J connectivity index is 1.52. The zero-order valence-corrected chi connectivity index (χ0v) is 18.6. The van der Waals surface area contributed by atoms with Crippen LogP contribution in [0.15, 0.2) is 29.2 Å². The third kappa shape index (κ3) is 5.60. The van der Waals surface area contributed by atoms with Crippen LogP contribution in [0.3, 0.4) is 0 Å². The largest absolute Gasteiger partial charge is 0.497 e. The standard InChI is InChI=1S/C21H24N2O5S2/c1-14-7-9-22(10-8-14)18(24)13-28-19(25)12-23-20(26)17(30-21(23)29)11-15-3-5-16(27-2)6-4-15/h3-6,11,14H,7-10,12-13H2,1-2H3/b17-11-. The number of esters is 1. The highest BCUT2D eigenvalue weighted by atomic mass is 32.2. The van der Waals surface area contributed by atoms with E-state index in [1.807, 2.05) is 12.1 Å². The molecule has 0 spiro atoms. The van der Waals surface area contributed by atoms with E-state index in [2.05, 4.69) is 6.92 Å². The number of amides is 2. The second-order valence-corrected chi connectivity index (χ2v) is 8.94. The average molecular weight is 449 g/mol. The predicted octanol–water partition coefficient (Wildman–Crippen LogP) is 2.70. The van der Waals surface area contributed by atoms with Gasteiger partial charge < -0.3 is 14.4 Å². The van der Waals surface area contributed by atoms with Gasteiger partial charge >= 0.3 is 5.97 Å². The molecule has 0 unspecified atom stereocenters. The van der Waals surface area contributed by atoms with E-state index in [0.29, 0.717) is 23.9 Å². The van der Waals surface area contributed by atoms with Crippen molar-refractivity contribution >= 4 is 52.2 Å². The normalized spacial score (nSPS) is 18.8. The van der Waals surface area contributed by atoms with Crippen LogP contribution in [-0.2, 0) is 19.1 Å². The summed E-state index contributed by atoms with van der Waals surface area (Å²) in [6, 6.07) is 7.24. The van der Waals surface area contributed by atoms with Crippen molar-refractivity contribution in [3.8, 4) is 5.75 Å². The molecule has 0 aliphatic carbocycles. The number of carbonyl (C=O) groups is 3. The number of carbonyl (C=O) groups excluding carboxylic acids is 3. The van der Waals surface area contributed by atoms with Gasteiger partial charge in [-0.15, -0.1) is 0 Å². The van der Waals surface area contributed by atoms with Crippen molar-refractivity contribution in [1.82, 2.24) is 9.80 Å². The highest BCUT2D eigenvalue weighted by Gasteiger charge is 2.34. The molecule has 7 nitrogen and oxygen atoms in total. The zero-order valence-electron chi connectivity index (χ0n) is 17.0. The van der Waals surface area contributed by atoms with E-state index in [1.165, 1.54) is 4.90 Å². The molecule has 2 aliphatic heterocycles. The number of hydrogen-bond donors (Lipinski definition) is 0. The SMILES string of the molecule is COc1ccc(/C=C2\SC(=S)N(CC(=O)OCC(=O)N3CCC(C)CC3)C2=O)cc1. The molecule has 9 heteroatoms. The van der Waals surface area contributed by atoms with Gasteiger partial charge in [0, 0.05) is 13.1 Å². The van der Waals surface area contributed by atoms with Gasteiger partial charge in [0.2, 0.25) is 0 Å². The van der Waals surface area contributed by atoms with E-state index in [0.717, 1.165) is 35.9 Å². The van der Waals surface area contributed by atoms with Crippen LogP contribution >= 0.6 is 24.0 Å². The number of methoxy groups -OCH3 is 1. The Labute approximate surface area is 185 Å². The van der Waals surface area contributed by atoms with Crippen molar-refractivity contribution in [1.29, 1.82) is 0 Å². The Kier molecular flexibility index (Phi) is 7.49. The van der Waals surface area contributed by atoms with Crippen molar-refractivity contribution < 1.29 is 23.9 Å². The number of likely N-dealkylation sites (tertiary alicyclic amines) is 1. The van der Waals surface area contributed by atoms with Gasteiger partial charge in [0.15, 0.2) is 6.61 Å². The van der Waals surface area contributed by atoms with Crippen molar-refractivity contribution in [2.24, 2.45) is 5.92 Å². The Bertz CT molecular complexity index is 861. The molecule has 160 valence electrons. The van der Waals surface area contributed by atoms with Crippen LogP contribution in [-0.4, -0.2) is 65.3 Å². The van der Waals surface area contributed by atoms with Crippen LogP contribution in [0.25, 0.3) is 6.08 Å². The van der Waals surface area contributed by atoms with Crippen molar-refractivity contribution in [3.63, 3.8) is 0 Å². The van der Waals surface area contributed by atoms with Gasteiger partial charge in [0.05, 0.1) is 12.0 Å². The highest BCUT2D eigenvalue weighted by Crippen LogP contribution is 2.32. The monoisotopic (exact) mass is 448 g/mol. The van der Waals surface area contributed by atoms with Crippen molar-refractivity contribution in [3.05, 3.63) is 34.7 Å². The maximum atomic E-state index is 12.6. The van der Waals surface area contributed by atoms with Crippen LogP contribution in [0.4, 0.5) is 0 Å². The predicted molar refractivity (Wildman–Crippen MR) is 119 cm³/mol. The molecule has 2 amide bonds. The summed E-state index contributed by atoms with van der Waals surface area (Å²) < 4.78 is 10.5. The number of piperidine rings is 1. The molecule has 0 aromatic heterocycles. The maximum Gasteiger partial charge on any atom is 0.326 e. The first-order valence-corrected chi connectivity index (χ1v) is 10.9. The lowest BCUT2D eigenvalue weighted by atomic mass is 9.99. The molecule has 2 heterocycles. The summed E-state index contributed by atoms with van der Waals surface area (Å²) >= 11 is 6.37. The summed E-state index contributed by atoms with van der Waals surface area (Å²) in [7, 11) is 1.58. The number of nitrogens with zero attached hydrogens (tertiary/aromatic N) is 2. The molecule has 0 N–H and O–H groups in total. The topological polar surface area (TPSA) is 76.2 Å². The molecule has 2 saturated heterocycles. The minimum atomic E-state index is -0.657. The maximum absolute atomic E-state index is 12.6. The Morgan fingerprint density at radius 2 is 1.90 bits per heavy atom. The first-order chi connectivity index (χ1) is 14.4. The fourth-order valence-corrected chi connectivity index (χ4v) is 4.41. The first kappa shape index (κ1) is 22.3. The molecular formula is C21H24N2O5S2. The van der Waals surface area contributed by atoms with Gasteiger partial charge in [-0.25, -0.2) is 0 Å². The lowest BCUT2D eigenvalue weighted by Gasteiger charge is -2.30. The van der Waals surface area contributed by atoms with Crippen LogP contribution in [0.2, 0.25) is 0 Å². The van der Waals surface area contributed by atoms with Crippen LogP contribution in [0, 0.1) is 5.92 Å². The van der Waals surface area contributed by atoms with Crippen LogP contribution < -0.4 is 4.74 Å². The molecule has 3 rings (SSSR count). The average Bonchev–Trinajstić information content (AvgIpc) is 3.00. The summed E-state index contributed by atoms with van der Waals surface area (Å²) in [6.07, 6.45) is 3.62. The summed E-state index contributed by atoms with van der Waals surface area (Å²) in [5, 5.41) is 0. The number of rotatable bonds is 6. The number of thioether (sulfide) groups is 1. The summed E-state index contributed by atoms with van der Waals surface area (Å²) in [4.78, 5) is 40.3. The second kappa shape index (κ2) is 10.1. The molecule has 30 heavy (non-hydrogen) atoms. The lowest BCUT2D eigenvalue weighted by Crippen LogP contribution is -2.41. The van der Waals surface area contributed by atoms with E-state index >= 15 is 0 Å². The van der Waals surface area contributed by atoms with Crippen molar-refractivity contribution in [2.45, 2.75) is 19.8 Å². The van der Waals surface area contributed by atoms with Crippen LogP contribution in [0.1, 0.15) is 25.3 Å². The lowest BCUT2D eigenvalue weighted by molar-refractivity contribution is -0.153. The van der Waals surface area contributed by atoms with Crippen LogP contribution in [0.5, 0.6) is 5.75 Å². The number of ether oxygens (including phenoxy) is 2. The van der Waals surface area contributed by atoms with Gasteiger partial charge in [0.1, 0.15) is 16.6 Å². The Hall–Kier alpha value is -2.39. The second-order valence-electron chi connectivity index (χ2n) is 7.27. The summed E-state index contributed by atoms with van der Waals surface area (Å²) in [5.74, 6) is 0.109. The smallest absolute Gasteiger partial charge is 0.326 e. The number of hydrogen-bond acceptors (Lipinski definition) is 7. The third-order valence-electron chi connectivity index (χ3n) is 5.07. The molecule has 2 aliphatic rings. The third-order valence-corrected chi connectivity index (χ3v) is 6.45. The highest BCUT2D eigenvalue weighted by molar-refractivity contribution is 8.26. The number of benzene rings is 1. The van der Waals surface area contributed by atoms with E-state index in [-0.39, 0.29) is 29.3 Å². The van der Waals surface area contributed by atoms with Gasteiger partial charge in [-0.3, -0.25) is 19.3 Å². The van der Waals surface area contributed by atoms with Gasteiger partial charge in [-0.05, 0) is 42.5 Å². The fraction of sp³-hybridized carbons (Fsp3) is 0.429. The molecule has 1 aromatic carbocycles. The fourth-order valence-electron chi connectivity index (χ4n) is 3.15. The minimum absolute atomic E-state index is 0.208. The Morgan fingerprint density at radius 1 is 1.23 bits per heavy atom. The van der Waals surface area contributed by atoms with Gasteiger partial charge in [-0.1, -0.05) is 43.0 Å². The molecular weight excluding hydrogens is 424 g/mol. The minimum Gasteiger partial charge on any atom is -0.497 e. The zero-order chi connectivity index (χ0) is 21.7. The molecule has 1 aromatic rings. The first-order valence-electron chi connectivity index (χ1n) is 9.70. The molecule has 2 fully saturated rings. The van der Waals surface area contributed by atoms with E-state index in [9.17, 15) is 14.4 Å². The van der Waals surface area contributed by atoms with E-state index < -0.39 is 5.97 Å².